The smallest absolute Gasteiger partial charge is 0.410 e. The average molecular weight is 441 g/mol. The minimum Gasteiger partial charge on any atom is -0.483 e. The van der Waals surface area contributed by atoms with Gasteiger partial charge in [0, 0.05) is 19.1 Å². The Labute approximate surface area is 185 Å². The van der Waals surface area contributed by atoms with Crippen molar-refractivity contribution in [2.75, 3.05) is 31.1 Å². The maximum absolute atomic E-state index is 14.3. The molecule has 9 nitrogen and oxygen atoms in total. The Morgan fingerprint density at radius 2 is 2.06 bits per heavy atom. The van der Waals surface area contributed by atoms with Gasteiger partial charge in [-0.1, -0.05) is 0 Å². The van der Waals surface area contributed by atoms with E-state index in [0.29, 0.717) is 37.8 Å². The van der Waals surface area contributed by atoms with Crippen molar-refractivity contribution in [1.82, 2.24) is 14.9 Å². The number of halogens is 1. The van der Waals surface area contributed by atoms with E-state index in [1.165, 1.54) is 18.5 Å². The van der Waals surface area contributed by atoms with E-state index < -0.39 is 5.82 Å². The van der Waals surface area contributed by atoms with Crippen LogP contribution < -0.4 is 14.4 Å². The first-order chi connectivity index (χ1) is 15.5. The number of rotatable bonds is 4. The van der Waals surface area contributed by atoms with Gasteiger partial charge in [0.05, 0.1) is 24.3 Å². The number of hydrogen-bond acceptors (Lipinski definition) is 8. The third-order valence-electron chi connectivity index (χ3n) is 5.37. The van der Waals surface area contributed by atoms with Gasteiger partial charge in [0.25, 0.3) is 5.88 Å². The molecule has 3 heterocycles. The second-order valence-electron chi connectivity index (χ2n) is 7.88. The van der Waals surface area contributed by atoms with E-state index in [0.717, 1.165) is 18.9 Å². The van der Waals surface area contributed by atoms with Crippen molar-refractivity contribution < 1.29 is 23.4 Å². The van der Waals surface area contributed by atoms with Crippen LogP contribution in [0.5, 0.6) is 17.4 Å². The monoisotopic (exact) mass is 441 g/mol. The number of hydrogen-bond donors (Lipinski definition) is 0. The van der Waals surface area contributed by atoms with Gasteiger partial charge in [-0.05, 0) is 44.9 Å². The van der Waals surface area contributed by atoms with Crippen molar-refractivity contribution >= 4 is 11.9 Å². The van der Waals surface area contributed by atoms with Gasteiger partial charge >= 0.3 is 6.09 Å². The summed E-state index contributed by atoms with van der Waals surface area (Å²) in [6, 6.07) is 6.01. The summed E-state index contributed by atoms with van der Waals surface area (Å²) in [5, 5.41) is 8.91. The lowest BCUT2D eigenvalue weighted by Gasteiger charge is -2.41. The number of nitrogens with zero attached hydrogens (tertiary/aromatic N) is 5. The highest BCUT2D eigenvalue weighted by Crippen LogP contribution is 2.40. The zero-order chi connectivity index (χ0) is 22.7. The van der Waals surface area contributed by atoms with Crippen LogP contribution in [0, 0.1) is 17.1 Å². The summed E-state index contributed by atoms with van der Waals surface area (Å²) in [5.41, 5.74) is 0.200. The number of carbonyl (C=O) groups is 1. The molecule has 0 saturated carbocycles. The van der Waals surface area contributed by atoms with Gasteiger partial charge in [-0.25, -0.2) is 14.2 Å². The molecule has 4 rings (SSSR count). The van der Waals surface area contributed by atoms with Gasteiger partial charge in [-0.3, -0.25) is 0 Å². The van der Waals surface area contributed by atoms with Crippen LogP contribution in [0.4, 0.5) is 15.0 Å². The molecule has 1 aromatic heterocycles. The van der Waals surface area contributed by atoms with Crippen molar-refractivity contribution in [2.24, 2.45) is 0 Å². The fourth-order valence-electron chi connectivity index (χ4n) is 3.85. The summed E-state index contributed by atoms with van der Waals surface area (Å²) in [5.74, 6) is 0.330. The topological polar surface area (TPSA) is 101 Å². The number of piperidine rings is 1. The first kappa shape index (κ1) is 21.6. The second-order valence-corrected chi connectivity index (χ2v) is 7.88. The summed E-state index contributed by atoms with van der Waals surface area (Å²) < 4.78 is 31.0. The van der Waals surface area contributed by atoms with Crippen LogP contribution in [0.3, 0.4) is 0 Å². The quantitative estimate of drug-likeness (QED) is 0.711. The Kier molecular flexibility index (Phi) is 6.25. The van der Waals surface area contributed by atoms with Crippen molar-refractivity contribution in [3.63, 3.8) is 0 Å². The van der Waals surface area contributed by atoms with Crippen LogP contribution in [0.15, 0.2) is 24.5 Å². The maximum Gasteiger partial charge on any atom is 0.410 e. The minimum absolute atomic E-state index is 0.0532. The number of aromatic nitrogens is 2. The Balaban J connectivity index is 1.49. The number of amides is 1. The molecule has 0 atom stereocenters. The molecule has 2 aromatic rings. The van der Waals surface area contributed by atoms with E-state index in [1.807, 2.05) is 19.9 Å². The molecule has 0 aliphatic carbocycles. The number of nitriles is 1. The van der Waals surface area contributed by atoms with Gasteiger partial charge in [0.2, 0.25) is 5.75 Å². The van der Waals surface area contributed by atoms with E-state index in [1.54, 1.807) is 4.90 Å². The van der Waals surface area contributed by atoms with E-state index in [-0.39, 0.29) is 35.4 Å². The standard InChI is InChI=1S/C22H24FN5O4/c1-14(2)31-22(29)27-7-5-16(6-8-27)28-9-10-30-19-20(28)25-13-26-21(19)32-18-4-3-15(12-24)11-17(18)23/h3-4,11,13-14,16H,5-10H2,1-2H3. The highest BCUT2D eigenvalue weighted by atomic mass is 19.1. The zero-order valence-electron chi connectivity index (χ0n) is 18.0. The lowest BCUT2D eigenvalue weighted by Crippen LogP contribution is -2.49. The molecular formula is C22H24FN5O4. The lowest BCUT2D eigenvalue weighted by atomic mass is 10.0. The summed E-state index contributed by atoms with van der Waals surface area (Å²) in [4.78, 5) is 24.5. The van der Waals surface area contributed by atoms with Gasteiger partial charge in [-0.15, -0.1) is 0 Å². The van der Waals surface area contributed by atoms with Crippen LogP contribution in [0.2, 0.25) is 0 Å². The molecule has 1 amide bonds. The molecule has 0 bridgehead atoms. The SMILES string of the molecule is CC(C)OC(=O)N1CCC(N2CCOc3c(Oc4ccc(C#N)cc4F)ncnc32)CC1. The molecule has 1 saturated heterocycles. The molecule has 2 aliphatic heterocycles. The molecule has 32 heavy (non-hydrogen) atoms. The molecule has 0 unspecified atom stereocenters. The highest BCUT2D eigenvalue weighted by molar-refractivity contribution is 5.68. The van der Waals surface area contributed by atoms with Crippen LogP contribution in [0.25, 0.3) is 0 Å². The van der Waals surface area contributed by atoms with Crippen LogP contribution in [-0.4, -0.2) is 59.3 Å². The molecule has 2 aliphatic rings. The average Bonchev–Trinajstić information content (AvgIpc) is 2.80. The normalized spacial score (nSPS) is 16.2. The van der Waals surface area contributed by atoms with Crippen LogP contribution in [-0.2, 0) is 4.74 Å². The van der Waals surface area contributed by atoms with Gasteiger partial charge in [0.15, 0.2) is 17.4 Å². The predicted octanol–water partition coefficient (Wildman–Crippen LogP) is 3.49. The van der Waals surface area contributed by atoms with Crippen molar-refractivity contribution in [2.45, 2.75) is 38.8 Å². The summed E-state index contributed by atoms with van der Waals surface area (Å²) in [7, 11) is 0. The molecule has 10 heteroatoms. The summed E-state index contributed by atoms with van der Waals surface area (Å²) >= 11 is 0. The molecule has 1 aromatic carbocycles. The number of benzene rings is 1. The van der Waals surface area contributed by atoms with Crippen LogP contribution >= 0.6 is 0 Å². The second kappa shape index (κ2) is 9.26. The lowest BCUT2D eigenvalue weighted by molar-refractivity contribution is 0.0687. The van der Waals surface area contributed by atoms with Crippen molar-refractivity contribution in [1.29, 1.82) is 5.26 Å². The first-order valence-corrected chi connectivity index (χ1v) is 10.5. The number of fused-ring (bicyclic) bond motifs is 1. The maximum atomic E-state index is 14.3. The number of likely N-dealkylation sites (tertiary alicyclic amines) is 1. The van der Waals surface area contributed by atoms with E-state index >= 15 is 0 Å². The Morgan fingerprint density at radius 3 is 2.75 bits per heavy atom. The first-order valence-electron chi connectivity index (χ1n) is 10.5. The molecule has 0 radical (unpaired) electrons. The third kappa shape index (κ3) is 4.51. The Bertz CT molecular complexity index is 1030. The third-order valence-corrected chi connectivity index (χ3v) is 5.37. The Morgan fingerprint density at radius 1 is 1.28 bits per heavy atom. The molecule has 0 spiro atoms. The van der Waals surface area contributed by atoms with Crippen LogP contribution in [0.1, 0.15) is 32.3 Å². The summed E-state index contributed by atoms with van der Waals surface area (Å²) in [6.07, 6.45) is 2.44. The van der Waals surface area contributed by atoms with Gasteiger partial charge in [0.1, 0.15) is 12.9 Å². The van der Waals surface area contributed by atoms with Gasteiger partial charge < -0.3 is 24.0 Å². The fourth-order valence-corrected chi connectivity index (χ4v) is 3.85. The fraction of sp³-hybridized carbons (Fsp3) is 0.455. The van der Waals surface area contributed by atoms with E-state index in [9.17, 15) is 9.18 Å². The van der Waals surface area contributed by atoms with Crippen molar-refractivity contribution in [3.05, 3.63) is 35.9 Å². The van der Waals surface area contributed by atoms with Gasteiger partial charge in [-0.2, -0.15) is 10.2 Å². The Hall–Kier alpha value is -3.61. The zero-order valence-corrected chi connectivity index (χ0v) is 18.0. The molecule has 168 valence electrons. The van der Waals surface area contributed by atoms with E-state index in [2.05, 4.69) is 14.9 Å². The number of carbonyl (C=O) groups excluding carboxylic acids is 1. The minimum atomic E-state index is -0.662. The van der Waals surface area contributed by atoms with E-state index in [4.69, 9.17) is 19.5 Å². The number of anilines is 1. The molecule has 0 N–H and O–H groups in total. The highest BCUT2D eigenvalue weighted by Gasteiger charge is 2.33. The van der Waals surface area contributed by atoms with Crippen molar-refractivity contribution in [3.8, 4) is 23.4 Å². The molecule has 1 fully saturated rings. The number of ether oxygens (including phenoxy) is 3. The summed E-state index contributed by atoms with van der Waals surface area (Å²) in [6.45, 7) is 5.89. The predicted molar refractivity (Wildman–Crippen MR) is 112 cm³/mol. The largest absolute Gasteiger partial charge is 0.483 e. The molecular weight excluding hydrogens is 417 g/mol.